The molecule has 1 amide bonds. The van der Waals surface area contributed by atoms with Crippen LogP contribution in [0.15, 0.2) is 94.4 Å². The quantitative estimate of drug-likeness (QED) is 0.137. The number of rotatable bonds is 6. The molecule has 1 heterocycles. The fourth-order valence-corrected chi connectivity index (χ4v) is 4.46. The molecule has 0 saturated heterocycles. The molecule has 2 N–H and O–H groups in total. The highest BCUT2D eigenvalue weighted by atomic mass is 35.5. The molecule has 4 rings (SSSR count). The largest absolute Gasteiger partial charge is 0.444 e. The van der Waals surface area contributed by atoms with Crippen molar-refractivity contribution in [2.75, 3.05) is 0 Å². The number of aryl methyl sites for hydroxylation is 1. The summed E-state index contributed by atoms with van der Waals surface area (Å²) < 4.78 is 24.9. The Hall–Kier alpha value is -3.88. The maximum Gasteiger partial charge on any atom is 0.414 e. The number of aromatic nitrogens is 1. The maximum atomic E-state index is 15.0. The average molecular weight is 577 g/mol. The molecular weight excluding hydrogens is 547 g/mol. The van der Waals surface area contributed by atoms with E-state index in [1.54, 1.807) is 45.2 Å². The lowest BCUT2D eigenvalue weighted by atomic mass is 9.97. The molecule has 0 spiro atoms. The molecule has 0 unspecified atom stereocenters. The Morgan fingerprint density at radius 1 is 1.02 bits per heavy atom. The first-order chi connectivity index (χ1) is 19.1. The maximum absolute atomic E-state index is 15.0. The molecule has 0 fully saturated rings. The van der Waals surface area contributed by atoms with Crippen LogP contribution in [0.1, 0.15) is 31.9 Å². The molecule has 9 heteroatoms. The minimum atomic E-state index is -0.666. The van der Waals surface area contributed by atoms with Crippen LogP contribution in [0, 0.1) is 12.7 Å². The Bertz CT molecular complexity index is 1510. The minimum Gasteiger partial charge on any atom is -0.444 e. The Kier molecular flexibility index (Phi) is 9.45. The summed E-state index contributed by atoms with van der Waals surface area (Å²) in [5.74, 6) is -0.118. The van der Waals surface area contributed by atoms with Gasteiger partial charge in [0.05, 0.1) is 5.69 Å². The van der Waals surface area contributed by atoms with Gasteiger partial charge in [-0.25, -0.2) is 9.18 Å². The van der Waals surface area contributed by atoms with Crippen LogP contribution in [0.2, 0.25) is 5.02 Å². The number of carbonyl (C=O) groups is 1. The number of nitrogens with zero attached hydrogens (tertiary/aromatic N) is 2. The van der Waals surface area contributed by atoms with E-state index < -0.39 is 11.7 Å². The predicted molar refractivity (Wildman–Crippen MR) is 161 cm³/mol. The van der Waals surface area contributed by atoms with Crippen LogP contribution in [0.5, 0.6) is 0 Å². The van der Waals surface area contributed by atoms with E-state index in [1.807, 2.05) is 61.5 Å². The minimum absolute atomic E-state index is 0.227. The highest BCUT2D eigenvalue weighted by Crippen LogP contribution is 2.33. The van der Waals surface area contributed by atoms with Crippen molar-refractivity contribution in [2.45, 2.75) is 44.7 Å². The van der Waals surface area contributed by atoms with Crippen LogP contribution in [0.25, 0.3) is 22.4 Å². The summed E-state index contributed by atoms with van der Waals surface area (Å²) in [6.45, 7) is 7.50. The van der Waals surface area contributed by atoms with Crippen molar-refractivity contribution in [3.63, 3.8) is 0 Å². The van der Waals surface area contributed by atoms with Gasteiger partial charge in [-0.15, -0.1) is 0 Å². The number of ether oxygens (including phenoxy) is 1. The number of halogens is 2. The van der Waals surface area contributed by atoms with Gasteiger partial charge in [0.15, 0.2) is 0 Å². The second kappa shape index (κ2) is 13.0. The van der Waals surface area contributed by atoms with Gasteiger partial charge >= 0.3 is 6.09 Å². The van der Waals surface area contributed by atoms with E-state index in [4.69, 9.17) is 16.3 Å². The monoisotopic (exact) mass is 576 g/mol. The SMILES string of the molecule is Cc1ccc(-c2ncc(CN/C(=N/Sc3ccccc3)NC(=O)OC(C)(C)C)cc2-c2ccc(Cl)cc2)c(F)c1. The number of pyridine rings is 1. The molecule has 4 aromatic rings. The van der Waals surface area contributed by atoms with Crippen LogP contribution < -0.4 is 10.6 Å². The van der Waals surface area contributed by atoms with E-state index in [1.165, 1.54) is 18.0 Å². The lowest BCUT2D eigenvalue weighted by Gasteiger charge is -2.20. The highest BCUT2D eigenvalue weighted by molar-refractivity contribution is 7.98. The van der Waals surface area contributed by atoms with Crippen molar-refractivity contribution >= 4 is 35.6 Å². The summed E-state index contributed by atoms with van der Waals surface area (Å²) in [5, 5.41) is 6.46. The number of carbonyl (C=O) groups excluding carboxylic acids is 1. The van der Waals surface area contributed by atoms with Crippen LogP contribution >= 0.6 is 23.5 Å². The van der Waals surface area contributed by atoms with Crippen LogP contribution in [-0.2, 0) is 11.3 Å². The van der Waals surface area contributed by atoms with Crippen molar-refractivity contribution < 1.29 is 13.9 Å². The van der Waals surface area contributed by atoms with Gasteiger partial charge in [0.1, 0.15) is 11.4 Å². The number of hydrogen-bond acceptors (Lipinski definition) is 5. The van der Waals surface area contributed by atoms with E-state index in [0.29, 0.717) is 16.3 Å². The summed E-state index contributed by atoms with van der Waals surface area (Å²) >= 11 is 7.34. The molecule has 0 aliphatic carbocycles. The van der Waals surface area contributed by atoms with Crippen LogP contribution in [0.4, 0.5) is 9.18 Å². The average Bonchev–Trinajstić information content (AvgIpc) is 2.90. The van der Waals surface area contributed by atoms with E-state index in [-0.39, 0.29) is 18.3 Å². The van der Waals surface area contributed by atoms with Gasteiger partial charge in [-0.3, -0.25) is 10.3 Å². The number of amides is 1. The van der Waals surface area contributed by atoms with Gasteiger partial charge in [0.2, 0.25) is 5.96 Å². The molecule has 0 atom stereocenters. The van der Waals surface area contributed by atoms with Crippen LogP contribution in [0.3, 0.4) is 0 Å². The predicted octanol–water partition coefficient (Wildman–Crippen LogP) is 8.19. The first kappa shape index (κ1) is 29.1. The van der Waals surface area contributed by atoms with Gasteiger partial charge in [-0.1, -0.05) is 48.0 Å². The molecule has 0 aliphatic heterocycles. The number of benzene rings is 3. The summed E-state index contributed by atoms with van der Waals surface area (Å²) in [6.07, 6.45) is 1.05. The van der Waals surface area contributed by atoms with Crippen LogP contribution in [-0.4, -0.2) is 22.6 Å². The Morgan fingerprint density at radius 2 is 1.75 bits per heavy atom. The Morgan fingerprint density at radius 3 is 2.42 bits per heavy atom. The molecule has 6 nitrogen and oxygen atoms in total. The van der Waals surface area contributed by atoms with E-state index in [0.717, 1.165) is 27.1 Å². The first-order valence-electron chi connectivity index (χ1n) is 12.6. The van der Waals surface area contributed by atoms with Crippen molar-refractivity contribution in [1.29, 1.82) is 0 Å². The first-order valence-corrected chi connectivity index (χ1v) is 13.8. The molecular formula is C31H30ClFN4O2S. The second-order valence-corrected chi connectivity index (χ2v) is 11.3. The third-order valence-electron chi connectivity index (χ3n) is 5.54. The number of guanidine groups is 1. The molecule has 3 aromatic carbocycles. The Balaban J connectivity index is 1.63. The second-order valence-electron chi connectivity index (χ2n) is 10.1. The molecule has 40 heavy (non-hydrogen) atoms. The normalized spacial score (nSPS) is 11.7. The molecule has 0 saturated carbocycles. The van der Waals surface area contributed by atoms with Crippen molar-refractivity contribution in [3.8, 4) is 22.4 Å². The highest BCUT2D eigenvalue weighted by Gasteiger charge is 2.18. The molecule has 1 aromatic heterocycles. The van der Waals surface area contributed by atoms with Gasteiger partial charge in [0.25, 0.3) is 0 Å². The van der Waals surface area contributed by atoms with Gasteiger partial charge in [-0.05, 0) is 86.8 Å². The summed E-state index contributed by atoms with van der Waals surface area (Å²) in [5.41, 5.74) is 3.47. The fourth-order valence-electron chi connectivity index (χ4n) is 3.75. The topological polar surface area (TPSA) is 75.6 Å². The van der Waals surface area contributed by atoms with Gasteiger partial charge in [-0.2, -0.15) is 4.40 Å². The number of alkyl carbamates (subject to hydrolysis) is 1. The van der Waals surface area contributed by atoms with Crippen molar-refractivity contribution in [2.24, 2.45) is 4.40 Å². The lowest BCUT2D eigenvalue weighted by Crippen LogP contribution is -2.43. The Labute approximate surface area is 243 Å². The van der Waals surface area contributed by atoms with Crippen molar-refractivity contribution in [1.82, 2.24) is 15.6 Å². The number of hydrogen-bond donors (Lipinski definition) is 2. The number of nitrogens with one attached hydrogen (secondary N) is 2. The zero-order valence-corrected chi connectivity index (χ0v) is 24.2. The summed E-state index contributed by atoms with van der Waals surface area (Å²) in [6, 6.07) is 23.9. The lowest BCUT2D eigenvalue weighted by molar-refractivity contribution is 0.0561. The van der Waals surface area contributed by atoms with Crippen molar-refractivity contribution in [3.05, 3.63) is 107 Å². The zero-order valence-electron chi connectivity index (χ0n) is 22.7. The summed E-state index contributed by atoms with van der Waals surface area (Å²) in [7, 11) is 0. The zero-order chi connectivity index (χ0) is 28.7. The van der Waals surface area contributed by atoms with E-state index >= 15 is 0 Å². The molecule has 0 aliphatic rings. The van der Waals surface area contributed by atoms with Gasteiger partial charge < -0.3 is 10.1 Å². The third kappa shape index (κ3) is 8.31. The molecule has 0 bridgehead atoms. The molecule has 0 radical (unpaired) electrons. The van der Waals surface area contributed by atoms with E-state index in [9.17, 15) is 9.18 Å². The third-order valence-corrected chi connectivity index (χ3v) is 6.55. The fraction of sp³-hybridized carbons (Fsp3) is 0.194. The van der Waals surface area contributed by atoms with E-state index in [2.05, 4.69) is 20.0 Å². The smallest absolute Gasteiger partial charge is 0.414 e. The standard InChI is InChI=1S/C31H30ClFN4O2S/c1-20-10-15-25(27(33)16-20)28-26(22-11-13-23(32)14-12-22)17-21(18-34-28)19-35-29(36-30(38)39-31(2,3)4)37-40-24-8-6-5-7-9-24/h5-18H,19H2,1-4H3,(H2,35,36,37,38). The molecule has 206 valence electrons. The van der Waals surface area contributed by atoms with Gasteiger partial charge in [0, 0.05) is 45.7 Å². The summed E-state index contributed by atoms with van der Waals surface area (Å²) in [4.78, 5) is 18.0.